The Hall–Kier alpha value is -2.10. The molecule has 0 fully saturated rings. The third-order valence-electron chi connectivity index (χ3n) is 4.04. The van der Waals surface area contributed by atoms with Gasteiger partial charge in [0.2, 0.25) is 5.91 Å². The number of amides is 1. The van der Waals surface area contributed by atoms with E-state index in [2.05, 4.69) is 11.4 Å². The molecule has 0 bridgehead atoms. The third kappa shape index (κ3) is 3.72. The first-order valence-corrected chi connectivity index (χ1v) is 7.24. The maximum Gasteiger partial charge on any atom is 0.330 e. The second kappa shape index (κ2) is 6.57. The second-order valence-electron chi connectivity index (χ2n) is 5.60. The first-order valence-electron chi connectivity index (χ1n) is 7.24. The lowest BCUT2D eigenvalue weighted by atomic mass is 9.93. The molecule has 1 aromatic rings. The van der Waals surface area contributed by atoms with E-state index in [1.807, 2.05) is 32.1 Å². The topological polar surface area (TPSA) is 66.4 Å². The predicted molar refractivity (Wildman–Crippen MR) is 80.9 cm³/mol. The lowest BCUT2D eigenvalue weighted by Gasteiger charge is -2.21. The Morgan fingerprint density at radius 2 is 2.00 bits per heavy atom. The Morgan fingerprint density at radius 3 is 2.57 bits per heavy atom. The molecular weight excluding hydrogens is 266 g/mol. The van der Waals surface area contributed by atoms with E-state index in [1.54, 1.807) is 6.07 Å². The van der Waals surface area contributed by atoms with Crippen LogP contribution in [0.25, 0.3) is 0 Å². The van der Waals surface area contributed by atoms with Crippen molar-refractivity contribution in [3.05, 3.63) is 47.0 Å². The highest BCUT2D eigenvalue weighted by Crippen LogP contribution is 2.22. The number of rotatable bonds is 4. The summed E-state index contributed by atoms with van der Waals surface area (Å²) in [5.74, 6) is -1.33. The van der Waals surface area contributed by atoms with E-state index in [-0.39, 0.29) is 11.8 Å². The van der Waals surface area contributed by atoms with Gasteiger partial charge in [-0.25, -0.2) is 4.79 Å². The molecule has 0 radical (unpaired) electrons. The quantitative estimate of drug-likeness (QED) is 0.837. The van der Waals surface area contributed by atoms with Gasteiger partial charge in [0.25, 0.3) is 0 Å². The Kier molecular flexibility index (Phi) is 4.78. The molecule has 112 valence electrons. The van der Waals surface area contributed by atoms with Gasteiger partial charge in [-0.2, -0.15) is 0 Å². The summed E-state index contributed by atoms with van der Waals surface area (Å²) in [7, 11) is 0. The predicted octanol–water partition coefficient (Wildman–Crippen LogP) is 2.90. The van der Waals surface area contributed by atoms with Gasteiger partial charge in [-0.05, 0) is 49.8 Å². The van der Waals surface area contributed by atoms with Crippen molar-refractivity contribution in [2.75, 3.05) is 0 Å². The molecule has 1 aliphatic rings. The van der Waals surface area contributed by atoms with Gasteiger partial charge in [0, 0.05) is 5.92 Å². The standard InChI is InChI=1S/C17H21NO3/c1-11-8-9-14(10-12(11)2)15(17(20)21)18-16(19)13-6-4-3-5-7-13/h3-4,8-10,13,15H,5-7H2,1-2H3,(H,18,19)(H,20,21). The molecule has 0 saturated carbocycles. The van der Waals surface area contributed by atoms with Crippen LogP contribution in [0.3, 0.4) is 0 Å². The lowest BCUT2D eigenvalue weighted by Crippen LogP contribution is -2.38. The third-order valence-corrected chi connectivity index (χ3v) is 4.04. The van der Waals surface area contributed by atoms with Crippen molar-refractivity contribution in [3.8, 4) is 0 Å². The number of benzene rings is 1. The summed E-state index contributed by atoms with van der Waals surface area (Å²) in [4.78, 5) is 23.7. The van der Waals surface area contributed by atoms with Crippen LogP contribution in [0.15, 0.2) is 30.4 Å². The lowest BCUT2D eigenvalue weighted by molar-refractivity contribution is -0.142. The summed E-state index contributed by atoms with van der Waals surface area (Å²) >= 11 is 0. The van der Waals surface area contributed by atoms with Crippen molar-refractivity contribution < 1.29 is 14.7 Å². The molecular formula is C17H21NO3. The van der Waals surface area contributed by atoms with Crippen LogP contribution in [0, 0.1) is 19.8 Å². The maximum absolute atomic E-state index is 12.2. The minimum Gasteiger partial charge on any atom is -0.479 e. The highest BCUT2D eigenvalue weighted by molar-refractivity contribution is 5.86. The minimum atomic E-state index is -1.03. The normalized spacial score (nSPS) is 19.0. The number of carboxylic acids is 1. The van der Waals surface area contributed by atoms with Crippen LogP contribution in [0.1, 0.15) is 42.0 Å². The number of carbonyl (C=O) groups excluding carboxylic acids is 1. The fourth-order valence-electron chi connectivity index (χ4n) is 2.52. The van der Waals surface area contributed by atoms with Gasteiger partial charge in [0.05, 0.1) is 0 Å². The smallest absolute Gasteiger partial charge is 0.330 e. The number of aryl methyl sites for hydroxylation is 2. The molecule has 2 atom stereocenters. The number of hydrogen-bond acceptors (Lipinski definition) is 2. The summed E-state index contributed by atoms with van der Waals surface area (Å²) in [5, 5.41) is 12.1. The van der Waals surface area contributed by atoms with Gasteiger partial charge >= 0.3 is 5.97 Å². The summed E-state index contributed by atoms with van der Waals surface area (Å²) in [6, 6.07) is 4.50. The van der Waals surface area contributed by atoms with Gasteiger partial charge in [-0.1, -0.05) is 30.4 Å². The molecule has 2 rings (SSSR count). The minimum absolute atomic E-state index is 0.122. The zero-order chi connectivity index (χ0) is 15.4. The molecule has 0 aliphatic heterocycles. The Morgan fingerprint density at radius 1 is 1.24 bits per heavy atom. The molecule has 1 aromatic carbocycles. The van der Waals surface area contributed by atoms with Crippen LogP contribution >= 0.6 is 0 Å². The average Bonchev–Trinajstić information content (AvgIpc) is 2.48. The van der Waals surface area contributed by atoms with Crippen molar-refractivity contribution >= 4 is 11.9 Å². The zero-order valence-electron chi connectivity index (χ0n) is 12.4. The molecule has 1 amide bonds. The molecule has 2 N–H and O–H groups in total. The SMILES string of the molecule is Cc1ccc(C(NC(=O)C2CC=CCC2)C(=O)O)cc1C. The van der Waals surface area contributed by atoms with E-state index in [1.165, 1.54) is 0 Å². The highest BCUT2D eigenvalue weighted by Gasteiger charge is 2.26. The Labute approximate surface area is 124 Å². The van der Waals surface area contributed by atoms with Gasteiger partial charge in [-0.15, -0.1) is 0 Å². The Bertz CT molecular complexity index is 577. The largest absolute Gasteiger partial charge is 0.479 e. The number of hydrogen-bond donors (Lipinski definition) is 2. The van der Waals surface area contributed by atoms with Crippen LogP contribution in [-0.4, -0.2) is 17.0 Å². The van der Waals surface area contributed by atoms with Crippen LogP contribution in [0.5, 0.6) is 0 Å². The van der Waals surface area contributed by atoms with Crippen molar-refractivity contribution in [2.24, 2.45) is 5.92 Å². The van der Waals surface area contributed by atoms with Crippen molar-refractivity contribution in [3.63, 3.8) is 0 Å². The van der Waals surface area contributed by atoms with E-state index in [0.717, 1.165) is 24.0 Å². The van der Waals surface area contributed by atoms with Gasteiger partial charge in [0.1, 0.15) is 0 Å². The zero-order valence-corrected chi connectivity index (χ0v) is 12.4. The van der Waals surface area contributed by atoms with Gasteiger partial charge in [0.15, 0.2) is 6.04 Å². The fourth-order valence-corrected chi connectivity index (χ4v) is 2.52. The summed E-state index contributed by atoms with van der Waals surface area (Å²) in [6.45, 7) is 3.91. The van der Waals surface area contributed by atoms with Gasteiger partial charge in [-0.3, -0.25) is 4.79 Å². The summed E-state index contributed by atoms with van der Waals surface area (Å²) in [6.07, 6.45) is 6.38. The Balaban J connectivity index is 2.15. The van der Waals surface area contributed by atoms with Crippen molar-refractivity contribution in [1.82, 2.24) is 5.32 Å². The maximum atomic E-state index is 12.2. The number of allylic oxidation sites excluding steroid dienone is 2. The number of carbonyl (C=O) groups is 2. The number of aliphatic carboxylic acids is 1. The fraction of sp³-hybridized carbons (Fsp3) is 0.412. The summed E-state index contributed by atoms with van der Waals surface area (Å²) < 4.78 is 0. The summed E-state index contributed by atoms with van der Waals surface area (Å²) in [5.41, 5.74) is 2.74. The van der Waals surface area contributed by atoms with Crippen LogP contribution in [-0.2, 0) is 9.59 Å². The van der Waals surface area contributed by atoms with Crippen LogP contribution in [0.2, 0.25) is 0 Å². The second-order valence-corrected chi connectivity index (χ2v) is 5.60. The van der Waals surface area contributed by atoms with Gasteiger partial charge < -0.3 is 10.4 Å². The van der Waals surface area contributed by atoms with Crippen LogP contribution in [0.4, 0.5) is 0 Å². The molecule has 0 saturated heterocycles. The van der Waals surface area contributed by atoms with E-state index >= 15 is 0 Å². The molecule has 2 unspecified atom stereocenters. The molecule has 0 aromatic heterocycles. The van der Waals surface area contributed by atoms with Crippen molar-refractivity contribution in [1.29, 1.82) is 0 Å². The number of nitrogens with one attached hydrogen (secondary N) is 1. The molecule has 4 heteroatoms. The van der Waals surface area contributed by atoms with E-state index in [4.69, 9.17) is 0 Å². The van der Waals surface area contributed by atoms with E-state index < -0.39 is 12.0 Å². The van der Waals surface area contributed by atoms with E-state index in [9.17, 15) is 14.7 Å². The molecule has 0 heterocycles. The molecule has 1 aliphatic carbocycles. The molecule has 0 spiro atoms. The van der Waals surface area contributed by atoms with E-state index in [0.29, 0.717) is 12.0 Å². The highest BCUT2D eigenvalue weighted by atomic mass is 16.4. The monoisotopic (exact) mass is 287 g/mol. The number of carboxylic acid groups (broad SMARTS) is 1. The average molecular weight is 287 g/mol. The molecule has 21 heavy (non-hydrogen) atoms. The molecule has 4 nitrogen and oxygen atoms in total. The van der Waals surface area contributed by atoms with Crippen molar-refractivity contribution in [2.45, 2.75) is 39.2 Å². The first kappa shape index (κ1) is 15.3. The first-order chi connectivity index (χ1) is 9.99. The van der Waals surface area contributed by atoms with Crippen LogP contribution < -0.4 is 5.32 Å².